The van der Waals surface area contributed by atoms with Gasteiger partial charge in [0.15, 0.2) is 5.82 Å². The summed E-state index contributed by atoms with van der Waals surface area (Å²) in [7, 11) is 0. The highest BCUT2D eigenvalue weighted by atomic mass is 16.5. The Morgan fingerprint density at radius 3 is 2.47 bits per heavy atom. The van der Waals surface area contributed by atoms with E-state index in [1.54, 1.807) is 0 Å². The lowest BCUT2D eigenvalue weighted by Gasteiger charge is -2.21. The molecule has 4 heterocycles. The first-order chi connectivity index (χ1) is 18.7. The van der Waals surface area contributed by atoms with Crippen molar-refractivity contribution in [3.63, 3.8) is 0 Å². The van der Waals surface area contributed by atoms with Gasteiger partial charge in [-0.2, -0.15) is 15.1 Å². The lowest BCUT2D eigenvalue weighted by molar-refractivity contribution is 0.298. The molecule has 38 heavy (non-hydrogen) atoms. The molecule has 6 rings (SSSR count). The van der Waals surface area contributed by atoms with Crippen molar-refractivity contribution in [1.29, 1.82) is 0 Å². The molecule has 0 spiro atoms. The number of para-hydroxylation sites is 2. The second-order valence-corrected chi connectivity index (χ2v) is 10.1. The predicted molar refractivity (Wildman–Crippen MR) is 155 cm³/mol. The molecular weight excluding hydrogens is 474 g/mol. The normalized spacial score (nSPS) is 15.7. The third-order valence-corrected chi connectivity index (χ3v) is 7.41. The summed E-state index contributed by atoms with van der Waals surface area (Å²) in [5.41, 5.74) is 6.56. The van der Waals surface area contributed by atoms with Gasteiger partial charge in [-0.3, -0.25) is 5.43 Å². The fraction of sp³-hybridized carbons (Fsp3) is 0.367. The van der Waals surface area contributed by atoms with E-state index in [1.807, 2.05) is 30.5 Å². The van der Waals surface area contributed by atoms with Crippen molar-refractivity contribution in [1.82, 2.24) is 14.5 Å². The monoisotopic (exact) mass is 509 g/mol. The van der Waals surface area contributed by atoms with Gasteiger partial charge in [0.05, 0.1) is 12.8 Å². The maximum Gasteiger partial charge on any atom is 0.229 e. The standard InChI is InChI=1S/C30H35N7O/c1-23-10-2-5-13-27(23)38-19-18-37-22-24(25-11-3-4-12-26(25)37)21-31-34-28-20-29(35-14-6-7-15-35)33-30(32-28)36-16-8-9-17-36/h2-5,10-13,20-22H,6-9,14-19H2,1H3,(H,32,33,34)/b31-21-. The number of hydrogen-bond acceptors (Lipinski definition) is 7. The maximum atomic E-state index is 6.06. The van der Waals surface area contributed by atoms with Crippen molar-refractivity contribution >= 4 is 34.7 Å². The zero-order valence-corrected chi connectivity index (χ0v) is 22.0. The number of hydrogen-bond donors (Lipinski definition) is 1. The Morgan fingerprint density at radius 2 is 1.66 bits per heavy atom. The van der Waals surface area contributed by atoms with Crippen LogP contribution >= 0.6 is 0 Å². The Bertz CT molecular complexity index is 1380. The van der Waals surface area contributed by atoms with Crippen molar-refractivity contribution in [2.75, 3.05) is 48.0 Å². The van der Waals surface area contributed by atoms with Gasteiger partial charge in [-0.25, -0.2) is 0 Å². The molecule has 2 fully saturated rings. The Labute approximate surface area is 224 Å². The second-order valence-electron chi connectivity index (χ2n) is 10.1. The zero-order chi connectivity index (χ0) is 25.7. The van der Waals surface area contributed by atoms with Crippen LogP contribution in [0, 0.1) is 6.92 Å². The van der Waals surface area contributed by atoms with E-state index in [1.165, 1.54) is 25.7 Å². The summed E-state index contributed by atoms with van der Waals surface area (Å²) < 4.78 is 8.29. The minimum Gasteiger partial charge on any atom is -0.491 e. The molecule has 8 heteroatoms. The van der Waals surface area contributed by atoms with Crippen LogP contribution in [0.4, 0.5) is 17.6 Å². The van der Waals surface area contributed by atoms with Crippen LogP contribution in [0.25, 0.3) is 10.9 Å². The smallest absolute Gasteiger partial charge is 0.229 e. The first-order valence-corrected chi connectivity index (χ1v) is 13.7. The van der Waals surface area contributed by atoms with Crippen LogP contribution in [0.3, 0.4) is 0 Å². The third-order valence-electron chi connectivity index (χ3n) is 7.41. The van der Waals surface area contributed by atoms with Crippen molar-refractivity contribution in [3.05, 3.63) is 71.9 Å². The van der Waals surface area contributed by atoms with Gasteiger partial charge in [0.25, 0.3) is 0 Å². The molecule has 0 unspecified atom stereocenters. The van der Waals surface area contributed by atoms with Gasteiger partial charge in [0.2, 0.25) is 5.95 Å². The largest absolute Gasteiger partial charge is 0.491 e. The molecule has 2 aliphatic rings. The molecule has 2 saturated heterocycles. The third kappa shape index (κ3) is 5.30. The number of rotatable bonds is 9. The number of benzene rings is 2. The lowest BCUT2D eigenvalue weighted by atomic mass is 10.2. The number of fused-ring (bicyclic) bond motifs is 1. The summed E-state index contributed by atoms with van der Waals surface area (Å²) >= 11 is 0. The highest BCUT2D eigenvalue weighted by Gasteiger charge is 2.20. The van der Waals surface area contributed by atoms with Crippen molar-refractivity contribution in [2.24, 2.45) is 5.10 Å². The molecule has 2 aliphatic heterocycles. The minimum absolute atomic E-state index is 0.595. The van der Waals surface area contributed by atoms with E-state index in [0.717, 1.165) is 78.1 Å². The molecule has 2 aromatic heterocycles. The molecule has 196 valence electrons. The van der Waals surface area contributed by atoms with E-state index in [9.17, 15) is 0 Å². The van der Waals surface area contributed by atoms with Gasteiger partial charge < -0.3 is 19.1 Å². The summed E-state index contributed by atoms with van der Waals surface area (Å²) in [5.74, 6) is 3.45. The number of anilines is 3. The Kier molecular flexibility index (Phi) is 7.11. The molecule has 0 atom stereocenters. The Balaban J connectivity index is 1.19. The molecular formula is C30H35N7O. The van der Waals surface area contributed by atoms with Crippen LogP contribution in [0.15, 0.2) is 65.9 Å². The number of ether oxygens (including phenoxy) is 1. The van der Waals surface area contributed by atoms with E-state index in [2.05, 4.69) is 68.3 Å². The van der Waals surface area contributed by atoms with Crippen LogP contribution in [0.5, 0.6) is 5.75 Å². The van der Waals surface area contributed by atoms with Gasteiger partial charge in [0, 0.05) is 54.9 Å². The van der Waals surface area contributed by atoms with Crippen LogP contribution in [0.2, 0.25) is 0 Å². The summed E-state index contributed by atoms with van der Waals surface area (Å²) in [4.78, 5) is 14.3. The Morgan fingerprint density at radius 1 is 0.921 bits per heavy atom. The molecule has 0 saturated carbocycles. The maximum absolute atomic E-state index is 6.06. The van der Waals surface area contributed by atoms with Gasteiger partial charge in [-0.15, -0.1) is 0 Å². The predicted octanol–water partition coefficient (Wildman–Crippen LogP) is 5.47. The first kappa shape index (κ1) is 24.3. The number of aryl methyl sites for hydroxylation is 1. The van der Waals surface area contributed by atoms with Crippen LogP contribution in [-0.4, -0.2) is 53.5 Å². The molecule has 4 aromatic rings. The van der Waals surface area contributed by atoms with Crippen molar-refractivity contribution < 1.29 is 4.74 Å². The molecule has 0 bridgehead atoms. The van der Waals surface area contributed by atoms with Crippen molar-refractivity contribution in [3.8, 4) is 5.75 Å². The zero-order valence-electron chi connectivity index (χ0n) is 22.0. The quantitative estimate of drug-likeness (QED) is 0.239. The van der Waals surface area contributed by atoms with E-state index >= 15 is 0 Å². The highest BCUT2D eigenvalue weighted by molar-refractivity contribution is 5.99. The number of aromatic nitrogens is 3. The molecule has 1 N–H and O–H groups in total. The van der Waals surface area contributed by atoms with Crippen LogP contribution < -0.4 is 20.0 Å². The SMILES string of the molecule is Cc1ccccc1OCCn1cc(/C=N\Nc2cc(N3CCCC3)nc(N3CCCC3)n2)c2ccccc21. The fourth-order valence-corrected chi connectivity index (χ4v) is 5.35. The average molecular weight is 510 g/mol. The first-order valence-electron chi connectivity index (χ1n) is 13.7. The lowest BCUT2D eigenvalue weighted by Crippen LogP contribution is -2.24. The molecule has 0 amide bonds. The second kappa shape index (κ2) is 11.1. The van der Waals surface area contributed by atoms with Gasteiger partial charge in [0.1, 0.15) is 18.2 Å². The van der Waals surface area contributed by atoms with E-state index in [-0.39, 0.29) is 0 Å². The topological polar surface area (TPSA) is 70.8 Å². The van der Waals surface area contributed by atoms with E-state index < -0.39 is 0 Å². The minimum atomic E-state index is 0.595. The molecule has 0 radical (unpaired) electrons. The van der Waals surface area contributed by atoms with Gasteiger partial charge >= 0.3 is 0 Å². The molecule has 0 aliphatic carbocycles. The number of nitrogens with one attached hydrogen (secondary N) is 1. The van der Waals surface area contributed by atoms with E-state index in [4.69, 9.17) is 14.7 Å². The summed E-state index contributed by atoms with van der Waals surface area (Å²) in [5, 5.41) is 5.76. The van der Waals surface area contributed by atoms with Crippen LogP contribution in [0.1, 0.15) is 36.8 Å². The summed E-state index contributed by atoms with van der Waals surface area (Å²) in [6.07, 6.45) is 8.83. The fourth-order valence-electron chi connectivity index (χ4n) is 5.35. The summed E-state index contributed by atoms with van der Waals surface area (Å²) in [6.45, 7) is 7.54. The molecule has 2 aromatic carbocycles. The van der Waals surface area contributed by atoms with E-state index in [0.29, 0.717) is 6.61 Å². The van der Waals surface area contributed by atoms with Gasteiger partial charge in [-0.05, 0) is 50.3 Å². The number of hydrazone groups is 1. The Hall–Kier alpha value is -4.07. The average Bonchev–Trinajstić information content (AvgIpc) is 3.72. The molecule has 8 nitrogen and oxygen atoms in total. The number of nitrogens with zero attached hydrogens (tertiary/aromatic N) is 6. The highest BCUT2D eigenvalue weighted by Crippen LogP contribution is 2.26. The van der Waals surface area contributed by atoms with Crippen molar-refractivity contribution in [2.45, 2.75) is 39.2 Å². The van der Waals surface area contributed by atoms with Crippen LogP contribution in [-0.2, 0) is 6.54 Å². The van der Waals surface area contributed by atoms with Gasteiger partial charge in [-0.1, -0.05) is 36.4 Å². The summed E-state index contributed by atoms with van der Waals surface area (Å²) in [6, 6.07) is 18.6.